The first kappa shape index (κ1) is 16.2. The fraction of sp³-hybridized carbons (Fsp3) is 0.308. The molecule has 0 fully saturated rings. The van der Waals surface area contributed by atoms with E-state index in [0.717, 1.165) is 0 Å². The number of carbonyl (C=O) groups is 1. The van der Waals surface area contributed by atoms with Crippen molar-refractivity contribution in [2.24, 2.45) is 5.11 Å². The molecule has 21 heavy (non-hydrogen) atoms. The predicted octanol–water partition coefficient (Wildman–Crippen LogP) is 2.54. The minimum absolute atomic E-state index is 0.203. The lowest BCUT2D eigenvalue weighted by molar-refractivity contribution is -0.136. The molecule has 0 saturated carbocycles. The van der Waals surface area contributed by atoms with Gasteiger partial charge < -0.3 is 18.9 Å². The Morgan fingerprint density at radius 1 is 1.14 bits per heavy atom. The summed E-state index contributed by atoms with van der Waals surface area (Å²) in [6.07, 6.45) is 1.34. The molecule has 0 amide bonds. The molecule has 0 spiro atoms. The second-order valence-corrected chi connectivity index (χ2v) is 3.63. The van der Waals surface area contributed by atoms with Gasteiger partial charge in [0.25, 0.3) is 0 Å². The summed E-state index contributed by atoms with van der Waals surface area (Å²) in [6, 6.07) is 3.27. The van der Waals surface area contributed by atoms with Crippen molar-refractivity contribution in [2.45, 2.75) is 0 Å². The summed E-state index contributed by atoms with van der Waals surface area (Å²) in [5.74, 6) is 0.407. The second-order valence-electron chi connectivity index (χ2n) is 3.63. The van der Waals surface area contributed by atoms with E-state index in [1.165, 1.54) is 34.5 Å². The maximum absolute atomic E-state index is 11.5. The highest BCUT2D eigenvalue weighted by molar-refractivity contribution is 5.94. The van der Waals surface area contributed by atoms with E-state index in [4.69, 9.17) is 19.7 Å². The summed E-state index contributed by atoms with van der Waals surface area (Å²) in [5.41, 5.74) is 8.77. The van der Waals surface area contributed by atoms with Crippen LogP contribution in [0.5, 0.6) is 17.2 Å². The number of esters is 1. The zero-order valence-electron chi connectivity index (χ0n) is 12.1. The maximum atomic E-state index is 11.5. The van der Waals surface area contributed by atoms with Gasteiger partial charge >= 0.3 is 5.97 Å². The van der Waals surface area contributed by atoms with E-state index < -0.39 is 5.97 Å². The zero-order chi connectivity index (χ0) is 15.8. The van der Waals surface area contributed by atoms with Crippen molar-refractivity contribution in [1.82, 2.24) is 0 Å². The highest BCUT2D eigenvalue weighted by Gasteiger charge is 2.16. The lowest BCUT2D eigenvalue weighted by Gasteiger charge is -2.14. The van der Waals surface area contributed by atoms with Crippen LogP contribution in [0.2, 0.25) is 0 Å². The van der Waals surface area contributed by atoms with E-state index in [1.807, 2.05) is 0 Å². The number of nitrogens with zero attached hydrogens (tertiary/aromatic N) is 3. The first-order chi connectivity index (χ1) is 10.1. The number of ether oxygens (including phenoxy) is 4. The summed E-state index contributed by atoms with van der Waals surface area (Å²) >= 11 is 0. The van der Waals surface area contributed by atoms with Crippen LogP contribution in [-0.2, 0) is 9.53 Å². The van der Waals surface area contributed by atoms with Crippen LogP contribution in [0.3, 0.4) is 0 Å². The number of carbonyl (C=O) groups excluding carboxylic acids is 1. The van der Waals surface area contributed by atoms with Crippen molar-refractivity contribution in [3.8, 4) is 17.2 Å². The van der Waals surface area contributed by atoms with Crippen LogP contribution in [0.15, 0.2) is 22.9 Å². The molecule has 0 aliphatic rings. The van der Waals surface area contributed by atoms with Gasteiger partial charge in [0.1, 0.15) is 5.70 Å². The Labute approximate surface area is 121 Å². The Morgan fingerprint density at radius 3 is 2.29 bits per heavy atom. The number of rotatable bonds is 6. The van der Waals surface area contributed by atoms with Gasteiger partial charge in [-0.3, -0.25) is 0 Å². The minimum atomic E-state index is -0.760. The number of benzene rings is 1. The molecule has 112 valence electrons. The second kappa shape index (κ2) is 7.66. The van der Waals surface area contributed by atoms with Crippen LogP contribution < -0.4 is 14.2 Å². The monoisotopic (exact) mass is 293 g/mol. The standard InChI is InChI=1S/C13H15N3O5/c1-18-10-6-5-8(11(19-2)12(10)20-3)7-9(15-16-14)13(17)21-4/h5-7H,1-4H3/b9-7-. The SMILES string of the molecule is COC(=O)/C(=C/c1ccc(OC)c(OC)c1OC)N=[N+]=[N-]. The Balaban J connectivity index is 3.48. The molecule has 0 bridgehead atoms. The number of hydrogen-bond donors (Lipinski definition) is 0. The van der Waals surface area contributed by atoms with E-state index in [9.17, 15) is 4.79 Å². The van der Waals surface area contributed by atoms with Gasteiger partial charge in [-0.25, -0.2) is 4.79 Å². The molecule has 0 unspecified atom stereocenters. The topological polar surface area (TPSA) is 103 Å². The molecule has 0 aliphatic carbocycles. The van der Waals surface area contributed by atoms with Crippen molar-refractivity contribution in [1.29, 1.82) is 0 Å². The Hall–Kier alpha value is -2.86. The Bertz CT molecular complexity index is 606. The van der Waals surface area contributed by atoms with Crippen molar-refractivity contribution in [2.75, 3.05) is 28.4 Å². The van der Waals surface area contributed by atoms with Crippen LogP contribution >= 0.6 is 0 Å². The van der Waals surface area contributed by atoms with Gasteiger partial charge in [0.05, 0.1) is 28.4 Å². The largest absolute Gasteiger partial charge is 0.493 e. The normalized spacial score (nSPS) is 10.4. The van der Waals surface area contributed by atoms with Gasteiger partial charge in [0.15, 0.2) is 11.5 Å². The van der Waals surface area contributed by atoms with Gasteiger partial charge in [-0.1, -0.05) is 5.11 Å². The molecule has 0 heterocycles. The molecule has 0 radical (unpaired) electrons. The molecule has 1 aromatic rings. The molecule has 0 aliphatic heterocycles. The maximum Gasteiger partial charge on any atom is 0.340 e. The zero-order valence-corrected chi connectivity index (χ0v) is 12.1. The van der Waals surface area contributed by atoms with Crippen LogP contribution in [0.1, 0.15) is 5.56 Å². The summed E-state index contributed by atoms with van der Waals surface area (Å²) in [4.78, 5) is 14.1. The predicted molar refractivity (Wildman–Crippen MR) is 75.2 cm³/mol. The first-order valence-corrected chi connectivity index (χ1v) is 5.77. The van der Waals surface area contributed by atoms with E-state index in [1.54, 1.807) is 12.1 Å². The highest BCUT2D eigenvalue weighted by atomic mass is 16.5. The summed E-state index contributed by atoms with van der Waals surface area (Å²) in [7, 11) is 5.59. The van der Waals surface area contributed by atoms with E-state index in [-0.39, 0.29) is 5.70 Å². The van der Waals surface area contributed by atoms with Gasteiger partial charge in [0.2, 0.25) is 5.75 Å². The van der Waals surface area contributed by atoms with Crippen LogP contribution in [0, 0.1) is 0 Å². The van der Waals surface area contributed by atoms with Crippen molar-refractivity contribution in [3.05, 3.63) is 33.8 Å². The molecule has 1 rings (SSSR count). The Morgan fingerprint density at radius 2 is 1.81 bits per heavy atom. The van der Waals surface area contributed by atoms with Crippen LogP contribution in [0.25, 0.3) is 16.5 Å². The summed E-state index contributed by atoms with van der Waals surface area (Å²) < 4.78 is 20.2. The molecule has 0 aromatic heterocycles. The Kier molecular flexibility index (Phi) is 5.91. The minimum Gasteiger partial charge on any atom is -0.493 e. The molecule has 8 nitrogen and oxygen atoms in total. The van der Waals surface area contributed by atoms with Crippen molar-refractivity contribution in [3.63, 3.8) is 0 Å². The fourth-order valence-corrected chi connectivity index (χ4v) is 1.67. The van der Waals surface area contributed by atoms with E-state index >= 15 is 0 Å². The molecule has 0 N–H and O–H groups in total. The summed E-state index contributed by atoms with van der Waals surface area (Å²) in [6.45, 7) is 0. The van der Waals surface area contributed by atoms with E-state index in [0.29, 0.717) is 22.8 Å². The highest BCUT2D eigenvalue weighted by Crippen LogP contribution is 2.40. The van der Waals surface area contributed by atoms with Crippen molar-refractivity contribution < 1.29 is 23.7 Å². The van der Waals surface area contributed by atoms with Crippen molar-refractivity contribution >= 4 is 12.0 Å². The third kappa shape index (κ3) is 3.58. The number of hydrogen-bond acceptors (Lipinski definition) is 6. The average Bonchev–Trinajstić information content (AvgIpc) is 2.52. The van der Waals surface area contributed by atoms with Gasteiger partial charge in [0, 0.05) is 10.5 Å². The molecule has 8 heteroatoms. The van der Waals surface area contributed by atoms with Gasteiger partial charge in [-0.2, -0.15) is 0 Å². The fourth-order valence-electron chi connectivity index (χ4n) is 1.67. The molecule has 0 atom stereocenters. The van der Waals surface area contributed by atoms with Gasteiger partial charge in [-0.15, -0.1) is 0 Å². The third-order valence-corrected chi connectivity index (χ3v) is 2.57. The quantitative estimate of drug-likeness (QED) is 0.263. The van der Waals surface area contributed by atoms with Crippen LogP contribution in [-0.4, -0.2) is 34.4 Å². The lowest BCUT2D eigenvalue weighted by Crippen LogP contribution is -2.03. The number of methoxy groups -OCH3 is 4. The molecular formula is C13H15N3O5. The number of azide groups is 1. The molecular weight excluding hydrogens is 278 g/mol. The molecule has 1 aromatic carbocycles. The first-order valence-electron chi connectivity index (χ1n) is 5.77. The lowest BCUT2D eigenvalue weighted by atomic mass is 10.1. The average molecular weight is 293 g/mol. The third-order valence-electron chi connectivity index (χ3n) is 2.57. The summed E-state index contributed by atoms with van der Waals surface area (Å²) in [5, 5.41) is 3.30. The molecule has 0 saturated heterocycles. The van der Waals surface area contributed by atoms with Crippen LogP contribution in [0.4, 0.5) is 0 Å². The smallest absolute Gasteiger partial charge is 0.340 e. The van der Waals surface area contributed by atoms with Gasteiger partial charge in [-0.05, 0) is 23.7 Å². The van der Waals surface area contributed by atoms with E-state index in [2.05, 4.69) is 14.8 Å².